The minimum absolute atomic E-state index is 0.0265. The average Bonchev–Trinajstić information content (AvgIpc) is 3.64. The summed E-state index contributed by atoms with van der Waals surface area (Å²) in [5.41, 5.74) is 5.14. The van der Waals surface area contributed by atoms with Crippen LogP contribution in [0.25, 0.3) is 11.0 Å². The van der Waals surface area contributed by atoms with Gasteiger partial charge in [0, 0.05) is 51.5 Å². The molecule has 3 aromatic rings. The number of pyridine rings is 3. The lowest BCUT2D eigenvalue weighted by atomic mass is 10.1. The van der Waals surface area contributed by atoms with E-state index in [1.165, 1.54) is 0 Å². The minimum atomic E-state index is -0.175. The molecule has 2 fully saturated rings. The largest absolute Gasteiger partial charge is 0.368 e. The molecule has 2 aliphatic rings. The van der Waals surface area contributed by atoms with Gasteiger partial charge in [0.2, 0.25) is 0 Å². The van der Waals surface area contributed by atoms with E-state index in [-0.39, 0.29) is 11.5 Å². The molecule has 0 bridgehead atoms. The molecule has 160 valence electrons. The molecule has 0 unspecified atom stereocenters. The lowest BCUT2D eigenvalue weighted by Gasteiger charge is -2.36. The van der Waals surface area contributed by atoms with Crippen LogP contribution in [0.5, 0.6) is 0 Å². The minimum Gasteiger partial charge on any atom is -0.368 e. The molecule has 5 rings (SSSR count). The summed E-state index contributed by atoms with van der Waals surface area (Å²) in [6, 6.07) is 7.72. The van der Waals surface area contributed by atoms with Gasteiger partial charge >= 0.3 is 0 Å². The van der Waals surface area contributed by atoms with E-state index in [0.29, 0.717) is 11.6 Å². The van der Waals surface area contributed by atoms with Crippen LogP contribution in [0.1, 0.15) is 40.4 Å². The highest BCUT2D eigenvalue weighted by Crippen LogP contribution is 2.38. The molecular formula is C23H26N6O2. The lowest BCUT2D eigenvalue weighted by molar-refractivity contribution is 0.0958. The standard InChI is InChI=1S/C23H26N6O2/c1-24-23(31)19-5-4-17(13-26-19)29-8-6-28(7-9-29)14-15-10-21-20(25-12-15)11-18(16-2-3-16)22(30)27-21/h4-5,10-13,16H,2-3,6-9,14H2,1H3,(H,24,31)(H,27,30). The van der Waals surface area contributed by atoms with E-state index in [9.17, 15) is 9.59 Å². The number of H-pyrrole nitrogens is 1. The molecule has 1 aliphatic heterocycles. The van der Waals surface area contributed by atoms with E-state index in [4.69, 9.17) is 0 Å². The van der Waals surface area contributed by atoms with E-state index in [2.05, 4.69) is 30.1 Å². The molecule has 31 heavy (non-hydrogen) atoms. The molecule has 1 saturated heterocycles. The zero-order valence-electron chi connectivity index (χ0n) is 17.6. The molecule has 1 amide bonds. The summed E-state index contributed by atoms with van der Waals surface area (Å²) < 4.78 is 0. The number of nitrogens with zero attached hydrogens (tertiary/aromatic N) is 4. The van der Waals surface area contributed by atoms with Gasteiger partial charge in [-0.1, -0.05) is 0 Å². The molecule has 1 aliphatic carbocycles. The summed E-state index contributed by atoms with van der Waals surface area (Å²) in [5.74, 6) is 0.242. The maximum absolute atomic E-state index is 12.3. The van der Waals surface area contributed by atoms with Gasteiger partial charge in [-0.25, -0.2) is 4.98 Å². The van der Waals surface area contributed by atoms with Gasteiger partial charge in [-0.2, -0.15) is 0 Å². The summed E-state index contributed by atoms with van der Waals surface area (Å²) in [4.78, 5) is 40.5. The van der Waals surface area contributed by atoms with Crippen molar-refractivity contribution in [3.8, 4) is 0 Å². The first-order chi connectivity index (χ1) is 15.1. The first kappa shape index (κ1) is 19.7. The number of fused-ring (bicyclic) bond motifs is 1. The Labute approximate surface area is 180 Å². The fourth-order valence-electron chi connectivity index (χ4n) is 4.18. The SMILES string of the molecule is CNC(=O)c1ccc(N2CCN(Cc3cnc4cc(C5CC5)c(=O)[nH]c4c3)CC2)cn1. The third-order valence-electron chi connectivity index (χ3n) is 6.15. The molecular weight excluding hydrogens is 392 g/mol. The molecule has 0 radical (unpaired) electrons. The number of hydrogen-bond donors (Lipinski definition) is 2. The Morgan fingerprint density at radius 3 is 2.61 bits per heavy atom. The van der Waals surface area contributed by atoms with Crippen LogP contribution in [0.15, 0.2) is 41.5 Å². The first-order valence-electron chi connectivity index (χ1n) is 10.8. The molecule has 0 aromatic carbocycles. The quantitative estimate of drug-likeness (QED) is 0.657. The highest BCUT2D eigenvalue weighted by molar-refractivity contribution is 5.92. The second kappa shape index (κ2) is 8.11. The number of aromatic amines is 1. The number of anilines is 1. The predicted molar refractivity (Wildman–Crippen MR) is 119 cm³/mol. The number of carbonyl (C=O) groups is 1. The molecule has 4 heterocycles. The van der Waals surface area contributed by atoms with Crippen molar-refractivity contribution in [2.75, 3.05) is 38.1 Å². The van der Waals surface area contributed by atoms with Crippen LogP contribution < -0.4 is 15.8 Å². The van der Waals surface area contributed by atoms with Gasteiger partial charge in [0.15, 0.2) is 0 Å². The third kappa shape index (κ3) is 4.16. The summed E-state index contributed by atoms with van der Waals surface area (Å²) in [6.07, 6.45) is 5.89. The van der Waals surface area contributed by atoms with Gasteiger partial charge in [-0.05, 0) is 48.6 Å². The number of piperazine rings is 1. The number of rotatable bonds is 5. The second-order valence-electron chi connectivity index (χ2n) is 8.35. The van der Waals surface area contributed by atoms with Gasteiger partial charge in [0.05, 0.1) is 22.9 Å². The highest BCUT2D eigenvalue weighted by Gasteiger charge is 2.26. The van der Waals surface area contributed by atoms with Crippen LogP contribution >= 0.6 is 0 Å². The van der Waals surface area contributed by atoms with Crippen molar-refractivity contribution < 1.29 is 4.79 Å². The lowest BCUT2D eigenvalue weighted by Crippen LogP contribution is -2.46. The molecule has 0 spiro atoms. The fourth-order valence-corrected chi connectivity index (χ4v) is 4.18. The number of amides is 1. The Morgan fingerprint density at radius 2 is 1.94 bits per heavy atom. The summed E-state index contributed by atoms with van der Waals surface area (Å²) in [5, 5.41) is 2.59. The van der Waals surface area contributed by atoms with Gasteiger partial charge in [-0.3, -0.25) is 19.5 Å². The Balaban J connectivity index is 1.22. The van der Waals surface area contributed by atoms with Crippen molar-refractivity contribution in [2.24, 2.45) is 0 Å². The van der Waals surface area contributed by atoms with Crippen LogP contribution in [0.3, 0.4) is 0 Å². The number of carbonyl (C=O) groups excluding carboxylic acids is 1. The number of aromatic nitrogens is 3. The molecule has 1 saturated carbocycles. The molecule has 8 nitrogen and oxygen atoms in total. The Kier molecular flexibility index (Phi) is 5.15. The van der Waals surface area contributed by atoms with Crippen LogP contribution in [0, 0.1) is 0 Å². The Morgan fingerprint density at radius 1 is 1.13 bits per heavy atom. The van der Waals surface area contributed by atoms with Crippen molar-refractivity contribution in [3.05, 3.63) is 63.8 Å². The predicted octanol–water partition coefficient (Wildman–Crippen LogP) is 1.88. The normalized spacial score (nSPS) is 17.1. The van der Waals surface area contributed by atoms with Crippen LogP contribution in [-0.2, 0) is 6.54 Å². The van der Waals surface area contributed by atoms with E-state index in [1.807, 2.05) is 24.4 Å². The van der Waals surface area contributed by atoms with E-state index >= 15 is 0 Å². The van der Waals surface area contributed by atoms with Crippen LogP contribution in [-0.4, -0.2) is 59.0 Å². The average molecular weight is 419 g/mol. The fraction of sp³-hybridized carbons (Fsp3) is 0.391. The van der Waals surface area contributed by atoms with Crippen molar-refractivity contribution in [3.63, 3.8) is 0 Å². The molecule has 2 N–H and O–H groups in total. The number of nitrogens with one attached hydrogen (secondary N) is 2. The molecule has 0 atom stereocenters. The maximum atomic E-state index is 12.3. The van der Waals surface area contributed by atoms with Crippen molar-refractivity contribution >= 4 is 22.6 Å². The summed E-state index contributed by atoms with van der Waals surface area (Å²) >= 11 is 0. The van der Waals surface area contributed by atoms with Crippen LogP contribution in [0.4, 0.5) is 5.69 Å². The van der Waals surface area contributed by atoms with Crippen molar-refractivity contribution in [1.82, 2.24) is 25.2 Å². The summed E-state index contributed by atoms with van der Waals surface area (Å²) in [7, 11) is 1.60. The van der Waals surface area contributed by atoms with E-state index < -0.39 is 0 Å². The number of hydrogen-bond acceptors (Lipinski definition) is 6. The van der Waals surface area contributed by atoms with Crippen molar-refractivity contribution in [2.45, 2.75) is 25.3 Å². The highest BCUT2D eigenvalue weighted by atomic mass is 16.1. The van der Waals surface area contributed by atoms with Gasteiger partial charge in [-0.15, -0.1) is 0 Å². The third-order valence-corrected chi connectivity index (χ3v) is 6.15. The molecule has 8 heteroatoms. The molecule has 3 aromatic heterocycles. The van der Waals surface area contributed by atoms with E-state index in [0.717, 1.165) is 73.4 Å². The first-order valence-corrected chi connectivity index (χ1v) is 10.8. The zero-order valence-corrected chi connectivity index (χ0v) is 17.6. The topological polar surface area (TPSA) is 94.2 Å². The summed E-state index contributed by atoms with van der Waals surface area (Å²) in [6.45, 7) is 4.43. The Bertz CT molecular complexity index is 1160. The van der Waals surface area contributed by atoms with Gasteiger partial charge in [0.25, 0.3) is 11.5 Å². The van der Waals surface area contributed by atoms with Crippen LogP contribution in [0.2, 0.25) is 0 Å². The second-order valence-corrected chi connectivity index (χ2v) is 8.35. The zero-order chi connectivity index (χ0) is 21.4. The van der Waals surface area contributed by atoms with Gasteiger partial charge in [0.1, 0.15) is 5.69 Å². The smallest absolute Gasteiger partial charge is 0.269 e. The maximum Gasteiger partial charge on any atom is 0.269 e. The van der Waals surface area contributed by atoms with Gasteiger partial charge < -0.3 is 15.2 Å². The van der Waals surface area contributed by atoms with Crippen molar-refractivity contribution in [1.29, 1.82) is 0 Å². The van der Waals surface area contributed by atoms with E-state index in [1.54, 1.807) is 19.3 Å². The Hall–Kier alpha value is -3.26. The monoisotopic (exact) mass is 418 g/mol.